The second-order valence-electron chi connectivity index (χ2n) is 5.92. The number of hydrogen-bond donors (Lipinski definition) is 1. The lowest BCUT2D eigenvalue weighted by Gasteiger charge is -2.31. The average Bonchev–Trinajstić information content (AvgIpc) is 2.65. The van der Waals surface area contributed by atoms with E-state index in [0.29, 0.717) is 17.1 Å². The zero-order valence-corrected chi connectivity index (χ0v) is 14.6. The summed E-state index contributed by atoms with van der Waals surface area (Å²) in [7, 11) is 0. The maximum absolute atomic E-state index is 12.7. The molecule has 1 aliphatic rings. The van der Waals surface area contributed by atoms with Gasteiger partial charge in [0.05, 0.1) is 25.3 Å². The van der Waals surface area contributed by atoms with Crippen LogP contribution in [0.2, 0.25) is 5.02 Å². The molecule has 1 N–H and O–H groups in total. The minimum absolute atomic E-state index is 0.0300. The van der Waals surface area contributed by atoms with Crippen LogP contribution in [0.5, 0.6) is 0 Å². The molecule has 3 rings (SSSR count). The third-order valence-electron chi connectivity index (χ3n) is 4.16. The number of benzene rings is 1. The topological polar surface area (TPSA) is 88.8 Å². The number of ether oxygens (including phenoxy) is 1. The molecule has 26 heavy (non-hydrogen) atoms. The Labute approximate surface area is 154 Å². The number of halogens is 1. The molecular formula is C18H17ClN2O5. The minimum Gasteiger partial charge on any atom is -0.479 e. The molecule has 0 bridgehead atoms. The van der Waals surface area contributed by atoms with Crippen molar-refractivity contribution in [2.45, 2.75) is 12.6 Å². The second kappa shape index (κ2) is 7.72. The molecule has 1 aliphatic heterocycles. The van der Waals surface area contributed by atoms with Crippen molar-refractivity contribution in [2.24, 2.45) is 0 Å². The van der Waals surface area contributed by atoms with Gasteiger partial charge < -0.3 is 19.3 Å². The summed E-state index contributed by atoms with van der Waals surface area (Å²) < 4.78 is 6.53. The third kappa shape index (κ3) is 3.95. The average molecular weight is 377 g/mol. The molecule has 0 spiro atoms. The van der Waals surface area contributed by atoms with Crippen molar-refractivity contribution < 1.29 is 19.4 Å². The van der Waals surface area contributed by atoms with Crippen molar-refractivity contribution in [1.82, 2.24) is 9.47 Å². The van der Waals surface area contributed by atoms with Crippen LogP contribution in [0.15, 0.2) is 47.4 Å². The van der Waals surface area contributed by atoms with E-state index in [1.54, 1.807) is 12.1 Å². The number of aliphatic carboxylic acids is 1. The third-order valence-corrected chi connectivity index (χ3v) is 4.53. The minimum atomic E-state index is -1.11. The fraction of sp³-hybridized carbons (Fsp3) is 0.278. The molecule has 0 unspecified atom stereocenters. The summed E-state index contributed by atoms with van der Waals surface area (Å²) in [6, 6.07) is 9.92. The first kappa shape index (κ1) is 18.2. The van der Waals surface area contributed by atoms with Crippen molar-refractivity contribution in [2.75, 3.05) is 19.7 Å². The van der Waals surface area contributed by atoms with Crippen LogP contribution in [-0.4, -0.2) is 52.3 Å². The first-order valence-electron chi connectivity index (χ1n) is 8.03. The van der Waals surface area contributed by atoms with Gasteiger partial charge in [0.25, 0.3) is 11.5 Å². The molecule has 1 aromatic carbocycles. The zero-order chi connectivity index (χ0) is 18.7. The summed E-state index contributed by atoms with van der Waals surface area (Å²) in [4.78, 5) is 37.3. The first-order valence-corrected chi connectivity index (χ1v) is 8.41. The molecule has 1 atom stereocenters. The number of aromatic nitrogens is 1. The molecule has 1 fully saturated rings. The van der Waals surface area contributed by atoms with E-state index in [2.05, 4.69) is 0 Å². The van der Waals surface area contributed by atoms with Crippen molar-refractivity contribution in [3.63, 3.8) is 0 Å². The highest BCUT2D eigenvalue weighted by molar-refractivity contribution is 6.31. The number of carboxylic acids is 1. The summed E-state index contributed by atoms with van der Waals surface area (Å²) in [6.07, 6.45) is 0.431. The predicted molar refractivity (Wildman–Crippen MR) is 94.5 cm³/mol. The molecule has 1 saturated heterocycles. The Morgan fingerprint density at radius 3 is 2.73 bits per heavy atom. The molecular weight excluding hydrogens is 360 g/mol. The van der Waals surface area contributed by atoms with Crippen LogP contribution in [0.3, 0.4) is 0 Å². The Kier molecular flexibility index (Phi) is 5.39. The quantitative estimate of drug-likeness (QED) is 0.873. The number of pyridine rings is 1. The molecule has 0 saturated carbocycles. The van der Waals surface area contributed by atoms with Crippen LogP contribution in [0.25, 0.3) is 0 Å². The Hall–Kier alpha value is -2.64. The lowest BCUT2D eigenvalue weighted by Crippen LogP contribution is -2.48. The fourth-order valence-corrected chi connectivity index (χ4v) is 2.95. The van der Waals surface area contributed by atoms with Crippen molar-refractivity contribution in [1.29, 1.82) is 0 Å². The van der Waals surface area contributed by atoms with E-state index in [4.69, 9.17) is 21.4 Å². The van der Waals surface area contributed by atoms with Gasteiger partial charge in [0, 0.05) is 23.8 Å². The van der Waals surface area contributed by atoms with E-state index in [9.17, 15) is 14.4 Å². The normalized spacial score (nSPS) is 17.1. The van der Waals surface area contributed by atoms with Gasteiger partial charge in [-0.05, 0) is 17.7 Å². The summed E-state index contributed by atoms with van der Waals surface area (Å²) in [5.74, 6) is -1.45. The van der Waals surface area contributed by atoms with E-state index < -0.39 is 12.1 Å². The van der Waals surface area contributed by atoms with Gasteiger partial charge in [0.1, 0.15) is 0 Å². The van der Waals surface area contributed by atoms with Crippen molar-refractivity contribution in [3.8, 4) is 0 Å². The maximum atomic E-state index is 12.7. The first-order chi connectivity index (χ1) is 12.5. The highest BCUT2D eigenvalue weighted by atomic mass is 35.5. The Morgan fingerprint density at radius 2 is 2.00 bits per heavy atom. The number of rotatable bonds is 4. The molecule has 136 valence electrons. The van der Waals surface area contributed by atoms with Gasteiger partial charge in [-0.3, -0.25) is 9.59 Å². The molecule has 0 aliphatic carbocycles. The smallest absolute Gasteiger partial charge is 0.334 e. The lowest BCUT2D eigenvalue weighted by molar-refractivity contribution is -0.154. The Bertz CT molecular complexity index is 895. The van der Waals surface area contributed by atoms with Gasteiger partial charge >= 0.3 is 5.97 Å². The molecule has 7 nitrogen and oxygen atoms in total. The molecule has 8 heteroatoms. The number of morpholine rings is 1. The van der Waals surface area contributed by atoms with Gasteiger partial charge in [0.15, 0.2) is 6.10 Å². The highest BCUT2D eigenvalue weighted by Crippen LogP contribution is 2.16. The molecule has 2 heterocycles. The molecule has 0 radical (unpaired) electrons. The number of carboxylic acid groups (broad SMARTS) is 1. The monoisotopic (exact) mass is 376 g/mol. The van der Waals surface area contributed by atoms with Gasteiger partial charge in [-0.2, -0.15) is 0 Å². The summed E-state index contributed by atoms with van der Waals surface area (Å²) in [5.41, 5.74) is 0.813. The highest BCUT2D eigenvalue weighted by Gasteiger charge is 2.29. The molecule has 1 amide bonds. The number of hydrogen-bond acceptors (Lipinski definition) is 4. The standard InChI is InChI=1S/C18H17ClN2O5/c19-14-4-2-1-3-12(14)9-21-10-13(5-6-16(21)22)17(23)20-7-8-26-15(11-20)18(24)25/h1-6,10,15H,7-9,11H2,(H,24,25)/t15-/m0/s1. The SMILES string of the molecule is O=C(O)[C@@H]1CN(C(=O)c2ccc(=O)n(Cc3ccccc3Cl)c2)CCO1. The van der Waals surface area contributed by atoms with Gasteiger partial charge in [0.2, 0.25) is 0 Å². The summed E-state index contributed by atoms with van der Waals surface area (Å²) in [6.45, 7) is 0.659. The van der Waals surface area contributed by atoms with Crippen molar-refractivity contribution >= 4 is 23.5 Å². The number of nitrogens with zero attached hydrogens (tertiary/aromatic N) is 2. The summed E-state index contributed by atoms with van der Waals surface area (Å²) >= 11 is 6.14. The van der Waals surface area contributed by atoms with Crippen LogP contribution >= 0.6 is 11.6 Å². The number of carbonyl (C=O) groups excluding carboxylic acids is 1. The molecule has 2 aromatic rings. The van der Waals surface area contributed by atoms with Gasteiger partial charge in [-0.1, -0.05) is 29.8 Å². The van der Waals surface area contributed by atoms with Crippen LogP contribution in [0.4, 0.5) is 0 Å². The lowest BCUT2D eigenvalue weighted by atomic mass is 10.2. The number of amides is 1. The zero-order valence-electron chi connectivity index (χ0n) is 13.8. The van der Waals surface area contributed by atoms with Gasteiger partial charge in [-0.15, -0.1) is 0 Å². The van der Waals surface area contributed by atoms with Crippen LogP contribution in [-0.2, 0) is 16.1 Å². The van der Waals surface area contributed by atoms with Crippen LogP contribution < -0.4 is 5.56 Å². The largest absolute Gasteiger partial charge is 0.479 e. The predicted octanol–water partition coefficient (Wildman–Crippen LogP) is 1.48. The van der Waals surface area contributed by atoms with E-state index in [0.717, 1.165) is 5.56 Å². The van der Waals surface area contributed by atoms with E-state index in [1.807, 2.05) is 12.1 Å². The second-order valence-corrected chi connectivity index (χ2v) is 6.33. The fourth-order valence-electron chi connectivity index (χ4n) is 2.76. The van der Waals surface area contributed by atoms with Crippen molar-refractivity contribution in [3.05, 3.63) is 69.1 Å². The van der Waals surface area contributed by atoms with E-state index >= 15 is 0 Å². The van der Waals surface area contributed by atoms with E-state index in [1.165, 1.54) is 27.8 Å². The maximum Gasteiger partial charge on any atom is 0.334 e. The summed E-state index contributed by atoms with van der Waals surface area (Å²) in [5, 5.41) is 9.59. The Morgan fingerprint density at radius 1 is 1.23 bits per heavy atom. The number of carbonyl (C=O) groups is 2. The molecule has 1 aromatic heterocycles. The van der Waals surface area contributed by atoms with Gasteiger partial charge in [-0.25, -0.2) is 4.79 Å². The van der Waals surface area contributed by atoms with E-state index in [-0.39, 0.29) is 31.2 Å². The van der Waals surface area contributed by atoms with Crippen LogP contribution in [0, 0.1) is 0 Å². The Balaban J connectivity index is 1.83. The van der Waals surface area contributed by atoms with Crippen LogP contribution in [0.1, 0.15) is 15.9 Å².